The van der Waals surface area contributed by atoms with Gasteiger partial charge in [0.2, 0.25) is 0 Å². The summed E-state index contributed by atoms with van der Waals surface area (Å²) < 4.78 is 2.24. The largest absolute Gasteiger partial charge is 0.395 e. The summed E-state index contributed by atoms with van der Waals surface area (Å²) in [7, 11) is 0. The van der Waals surface area contributed by atoms with Crippen molar-refractivity contribution in [3.05, 3.63) is 67.0 Å². The second kappa shape index (κ2) is 9.19. The van der Waals surface area contributed by atoms with E-state index < -0.39 is 0 Å². The minimum atomic E-state index is 0. The summed E-state index contributed by atoms with van der Waals surface area (Å²) in [5.74, 6) is 0.986. The molecule has 6 heteroatoms. The summed E-state index contributed by atoms with van der Waals surface area (Å²) in [5.41, 5.74) is 3.52. The summed E-state index contributed by atoms with van der Waals surface area (Å²) >= 11 is 0. The van der Waals surface area contributed by atoms with Crippen molar-refractivity contribution < 1.29 is 5.11 Å². The van der Waals surface area contributed by atoms with Crippen LogP contribution in [-0.4, -0.2) is 33.9 Å². The van der Waals surface area contributed by atoms with Crippen LogP contribution in [0.3, 0.4) is 0 Å². The third kappa shape index (κ3) is 3.94. The van der Waals surface area contributed by atoms with Gasteiger partial charge in [0.1, 0.15) is 5.82 Å². The average molecular weight is 392 g/mol. The number of halogens is 2. The summed E-state index contributed by atoms with van der Waals surface area (Å²) in [6, 6.07) is 19.3. The van der Waals surface area contributed by atoms with E-state index >= 15 is 0 Å². The molecule has 0 unspecified atom stereocenters. The summed E-state index contributed by atoms with van der Waals surface area (Å²) in [6.45, 7) is 1.04. The van der Waals surface area contributed by atoms with E-state index in [2.05, 4.69) is 63.4 Å². The molecule has 0 radical (unpaired) electrons. The van der Waals surface area contributed by atoms with Crippen molar-refractivity contribution in [2.75, 3.05) is 13.2 Å². The molecule has 2 aromatic carbocycles. The lowest BCUT2D eigenvalue weighted by Gasteiger charge is -2.17. The van der Waals surface area contributed by atoms with Gasteiger partial charge in [-0.15, -0.1) is 24.8 Å². The van der Waals surface area contributed by atoms with E-state index in [0.29, 0.717) is 6.04 Å². The highest BCUT2D eigenvalue weighted by Gasteiger charge is 2.26. The number of aliphatic hydroxyl groups excluding tert-OH is 1. The Morgan fingerprint density at radius 1 is 1.00 bits per heavy atom. The Morgan fingerprint density at radius 2 is 1.69 bits per heavy atom. The fourth-order valence-electron chi connectivity index (χ4n) is 3.51. The molecule has 1 aliphatic heterocycles. The minimum Gasteiger partial charge on any atom is -0.395 e. The highest BCUT2D eigenvalue weighted by Crippen LogP contribution is 2.33. The summed E-state index contributed by atoms with van der Waals surface area (Å²) in [6.07, 6.45) is 4.83. The topological polar surface area (TPSA) is 50.1 Å². The number of aromatic nitrogens is 2. The van der Waals surface area contributed by atoms with Crippen molar-refractivity contribution >= 4 is 24.8 Å². The van der Waals surface area contributed by atoms with Gasteiger partial charge in [-0.1, -0.05) is 54.6 Å². The number of hydrogen-bond acceptors (Lipinski definition) is 3. The van der Waals surface area contributed by atoms with Crippen molar-refractivity contribution in [1.82, 2.24) is 14.9 Å². The van der Waals surface area contributed by atoms with E-state index in [9.17, 15) is 5.11 Å². The van der Waals surface area contributed by atoms with Crippen LogP contribution in [0.15, 0.2) is 67.0 Å². The van der Waals surface area contributed by atoms with Crippen LogP contribution >= 0.6 is 24.8 Å². The third-order valence-corrected chi connectivity index (χ3v) is 4.73. The molecule has 0 saturated carbocycles. The zero-order valence-corrected chi connectivity index (χ0v) is 15.9. The Morgan fingerprint density at radius 3 is 2.38 bits per heavy atom. The zero-order valence-electron chi connectivity index (χ0n) is 14.3. The maximum Gasteiger partial charge on any atom is 0.140 e. The standard InChI is InChI=1S/C20H21N3O.2ClH/c24-14-16-12-17(13-22-16)23-11-10-21-20(23)19-9-5-4-8-18(19)15-6-2-1-3-7-15;;/h1-11,16-17,22,24H,12-14H2;2*1H/t16-,17-;;/m0../s1. The molecule has 2 N–H and O–H groups in total. The smallest absolute Gasteiger partial charge is 0.140 e. The first-order chi connectivity index (χ1) is 11.9. The number of benzene rings is 2. The van der Waals surface area contributed by atoms with Crippen LogP contribution in [0.4, 0.5) is 0 Å². The van der Waals surface area contributed by atoms with Crippen LogP contribution in [0.1, 0.15) is 12.5 Å². The Labute approximate surface area is 166 Å². The summed E-state index contributed by atoms with van der Waals surface area (Å²) in [5, 5.41) is 12.7. The Kier molecular flexibility index (Phi) is 7.23. The molecule has 2 atom stereocenters. The van der Waals surface area contributed by atoms with Gasteiger partial charge in [0, 0.05) is 36.6 Å². The number of aliphatic hydroxyl groups is 1. The maximum atomic E-state index is 9.37. The molecular formula is C20H23Cl2N3O. The van der Waals surface area contributed by atoms with Gasteiger partial charge in [0.05, 0.1) is 6.61 Å². The normalized spacial score (nSPS) is 18.8. The Bertz CT molecular complexity index is 823. The van der Waals surface area contributed by atoms with Crippen LogP contribution in [0.5, 0.6) is 0 Å². The van der Waals surface area contributed by atoms with Crippen LogP contribution in [0.25, 0.3) is 22.5 Å². The molecule has 4 nitrogen and oxygen atoms in total. The lowest BCUT2D eigenvalue weighted by molar-refractivity contribution is 0.253. The van der Waals surface area contributed by atoms with Crippen molar-refractivity contribution in [3.8, 4) is 22.5 Å². The molecule has 1 aliphatic rings. The SMILES string of the molecule is Cl.Cl.OC[C@@H]1C[C@H](n2ccnc2-c2ccccc2-c2ccccc2)CN1. The van der Waals surface area contributed by atoms with E-state index in [1.54, 1.807) is 0 Å². The molecule has 0 aliphatic carbocycles. The number of nitrogens with zero attached hydrogens (tertiary/aromatic N) is 2. The maximum absolute atomic E-state index is 9.37. The van der Waals surface area contributed by atoms with Crippen LogP contribution in [-0.2, 0) is 0 Å². The summed E-state index contributed by atoms with van der Waals surface area (Å²) in [4.78, 5) is 4.64. The van der Waals surface area contributed by atoms with Gasteiger partial charge in [-0.05, 0) is 17.5 Å². The van der Waals surface area contributed by atoms with Gasteiger partial charge >= 0.3 is 0 Å². The number of rotatable bonds is 4. The van der Waals surface area contributed by atoms with Gasteiger partial charge in [-0.2, -0.15) is 0 Å². The monoisotopic (exact) mass is 391 g/mol. The molecule has 1 aromatic heterocycles. The zero-order chi connectivity index (χ0) is 16.4. The Balaban J connectivity index is 0.00000121. The van der Waals surface area contributed by atoms with Gasteiger partial charge in [-0.25, -0.2) is 4.98 Å². The number of nitrogens with one attached hydrogen (secondary N) is 1. The number of imidazole rings is 1. The van der Waals surface area contributed by atoms with Gasteiger partial charge in [0.15, 0.2) is 0 Å². The highest BCUT2D eigenvalue weighted by atomic mass is 35.5. The van der Waals surface area contributed by atoms with Crippen molar-refractivity contribution in [2.45, 2.75) is 18.5 Å². The van der Waals surface area contributed by atoms with E-state index in [-0.39, 0.29) is 37.5 Å². The van der Waals surface area contributed by atoms with Gasteiger partial charge < -0.3 is 15.0 Å². The highest BCUT2D eigenvalue weighted by molar-refractivity contribution is 5.85. The van der Waals surface area contributed by atoms with Crippen LogP contribution in [0.2, 0.25) is 0 Å². The molecule has 0 amide bonds. The van der Waals surface area contributed by atoms with Crippen LogP contribution < -0.4 is 5.32 Å². The molecular weight excluding hydrogens is 369 g/mol. The first kappa shape index (κ1) is 20.5. The fraction of sp³-hybridized carbons (Fsp3) is 0.250. The fourth-order valence-corrected chi connectivity index (χ4v) is 3.51. The lowest BCUT2D eigenvalue weighted by atomic mass is 9.99. The van der Waals surface area contributed by atoms with E-state index in [0.717, 1.165) is 24.4 Å². The van der Waals surface area contributed by atoms with Crippen molar-refractivity contribution in [3.63, 3.8) is 0 Å². The molecule has 3 aromatic rings. The van der Waals surface area contributed by atoms with Crippen molar-refractivity contribution in [1.29, 1.82) is 0 Å². The van der Waals surface area contributed by atoms with Crippen molar-refractivity contribution in [2.24, 2.45) is 0 Å². The Hall–Kier alpha value is -1.85. The molecule has 1 fully saturated rings. The minimum absolute atomic E-state index is 0. The molecule has 0 spiro atoms. The second-order valence-electron chi connectivity index (χ2n) is 6.25. The first-order valence-electron chi connectivity index (χ1n) is 8.38. The second-order valence-corrected chi connectivity index (χ2v) is 6.25. The predicted molar refractivity (Wildman–Crippen MR) is 110 cm³/mol. The predicted octanol–water partition coefficient (Wildman–Crippen LogP) is 3.96. The first-order valence-corrected chi connectivity index (χ1v) is 8.38. The van der Waals surface area contributed by atoms with E-state index in [1.165, 1.54) is 11.1 Å². The lowest BCUT2D eigenvalue weighted by Crippen LogP contribution is -2.24. The van der Waals surface area contributed by atoms with E-state index in [4.69, 9.17) is 0 Å². The molecule has 26 heavy (non-hydrogen) atoms. The van der Waals surface area contributed by atoms with Gasteiger partial charge in [-0.3, -0.25) is 0 Å². The van der Waals surface area contributed by atoms with Crippen LogP contribution in [0, 0.1) is 0 Å². The molecule has 1 saturated heterocycles. The van der Waals surface area contributed by atoms with Gasteiger partial charge in [0.25, 0.3) is 0 Å². The third-order valence-electron chi connectivity index (χ3n) is 4.73. The average Bonchev–Trinajstić information content (AvgIpc) is 3.31. The number of hydrogen-bond donors (Lipinski definition) is 2. The molecule has 2 heterocycles. The molecule has 138 valence electrons. The molecule has 4 rings (SSSR count). The molecule has 0 bridgehead atoms. The van der Waals surface area contributed by atoms with E-state index in [1.807, 2.05) is 18.5 Å². The quantitative estimate of drug-likeness (QED) is 0.707.